The van der Waals surface area contributed by atoms with Gasteiger partial charge >= 0.3 is 5.97 Å². The highest BCUT2D eigenvalue weighted by Gasteiger charge is 2.45. The molecule has 0 aromatic heterocycles. The maximum absolute atomic E-state index is 11.8. The summed E-state index contributed by atoms with van der Waals surface area (Å²) in [6.07, 6.45) is -7.69. The molecule has 1 aromatic carbocycles. The number of carbonyl (C=O) groups is 1. The first-order valence-electron chi connectivity index (χ1n) is 7.14. The molecule has 1 aromatic rings. The lowest BCUT2D eigenvalue weighted by Gasteiger charge is -2.39. The number of aliphatic hydroxyl groups is 4. The van der Waals surface area contributed by atoms with Crippen LogP contribution in [0.4, 0.5) is 5.69 Å². The Bertz CT molecular complexity index is 648. The molecule has 0 saturated carbocycles. The molecule has 11 heteroatoms. The van der Waals surface area contributed by atoms with Gasteiger partial charge < -0.3 is 34.6 Å². The van der Waals surface area contributed by atoms with Gasteiger partial charge in [-0.05, 0) is 6.07 Å². The normalized spacial score (nSPS) is 29.1. The smallest absolute Gasteiger partial charge is 0.341 e. The number of nitrogens with zero attached hydrogens (tertiary/aromatic N) is 1. The summed E-state index contributed by atoms with van der Waals surface area (Å²) in [6, 6.07) is 3.09. The van der Waals surface area contributed by atoms with Crippen molar-refractivity contribution >= 4 is 11.7 Å². The van der Waals surface area contributed by atoms with Crippen molar-refractivity contribution in [1.82, 2.24) is 0 Å². The highest BCUT2D eigenvalue weighted by Crippen LogP contribution is 2.29. The molecule has 1 saturated heterocycles. The molecule has 1 heterocycles. The minimum atomic E-state index is -1.70. The van der Waals surface area contributed by atoms with Crippen LogP contribution < -0.4 is 4.74 Å². The third kappa shape index (κ3) is 3.86. The van der Waals surface area contributed by atoms with E-state index in [-0.39, 0.29) is 17.0 Å². The van der Waals surface area contributed by atoms with Crippen molar-refractivity contribution in [2.24, 2.45) is 0 Å². The number of carbonyl (C=O) groups excluding carboxylic acids is 1. The van der Waals surface area contributed by atoms with Crippen LogP contribution in [-0.4, -0.2) is 75.7 Å². The van der Waals surface area contributed by atoms with E-state index in [2.05, 4.69) is 4.74 Å². The van der Waals surface area contributed by atoms with E-state index in [0.717, 1.165) is 25.3 Å². The fraction of sp³-hybridized carbons (Fsp3) is 0.500. The van der Waals surface area contributed by atoms with E-state index in [4.69, 9.17) is 14.6 Å². The number of ether oxygens (including phenoxy) is 3. The average molecular weight is 359 g/mol. The topological polar surface area (TPSA) is 169 Å². The van der Waals surface area contributed by atoms with E-state index in [1.165, 1.54) is 0 Å². The van der Waals surface area contributed by atoms with Crippen molar-refractivity contribution in [2.75, 3.05) is 13.7 Å². The lowest BCUT2D eigenvalue weighted by Crippen LogP contribution is -2.60. The van der Waals surface area contributed by atoms with Gasteiger partial charge in [0.1, 0.15) is 35.7 Å². The Balaban J connectivity index is 2.32. The quantitative estimate of drug-likeness (QED) is 0.277. The first kappa shape index (κ1) is 19.0. The Labute approximate surface area is 141 Å². The van der Waals surface area contributed by atoms with Crippen LogP contribution in [0.2, 0.25) is 0 Å². The van der Waals surface area contributed by atoms with Gasteiger partial charge in [0.2, 0.25) is 6.29 Å². The van der Waals surface area contributed by atoms with E-state index in [1.54, 1.807) is 0 Å². The van der Waals surface area contributed by atoms with Gasteiger partial charge in [-0.3, -0.25) is 10.1 Å². The van der Waals surface area contributed by atoms with Crippen molar-refractivity contribution < 1.29 is 44.4 Å². The number of nitro groups is 1. The molecule has 0 radical (unpaired) electrons. The molecule has 1 aliphatic heterocycles. The lowest BCUT2D eigenvalue weighted by molar-refractivity contribution is -0.384. The van der Waals surface area contributed by atoms with Crippen LogP contribution in [0.25, 0.3) is 0 Å². The van der Waals surface area contributed by atoms with Crippen LogP contribution in [-0.2, 0) is 9.47 Å². The molecule has 1 fully saturated rings. The zero-order valence-corrected chi connectivity index (χ0v) is 13.0. The Morgan fingerprint density at radius 2 is 1.96 bits per heavy atom. The predicted octanol–water partition coefficient (Wildman–Crippen LogP) is -1.44. The number of nitro benzene ring substituents is 1. The number of non-ortho nitro benzene ring substituents is 1. The van der Waals surface area contributed by atoms with Gasteiger partial charge in [0.05, 0.1) is 18.6 Å². The summed E-state index contributed by atoms with van der Waals surface area (Å²) in [4.78, 5) is 21.9. The second-order valence-corrected chi connectivity index (χ2v) is 5.24. The van der Waals surface area contributed by atoms with Crippen LogP contribution in [0.3, 0.4) is 0 Å². The second-order valence-electron chi connectivity index (χ2n) is 5.24. The largest absolute Gasteiger partial charge is 0.465 e. The summed E-state index contributed by atoms with van der Waals surface area (Å²) in [5.41, 5.74) is -0.685. The summed E-state index contributed by atoms with van der Waals surface area (Å²) in [5.74, 6) is -1.13. The number of aliphatic hydroxyl groups excluding tert-OH is 4. The molecule has 5 atom stereocenters. The lowest BCUT2D eigenvalue weighted by atomic mass is 9.99. The number of benzene rings is 1. The summed E-state index contributed by atoms with van der Waals surface area (Å²) < 4.78 is 15.0. The van der Waals surface area contributed by atoms with Gasteiger partial charge in [0.15, 0.2) is 0 Å². The van der Waals surface area contributed by atoms with E-state index in [1.807, 2.05) is 0 Å². The second kappa shape index (κ2) is 7.72. The maximum atomic E-state index is 11.8. The van der Waals surface area contributed by atoms with Crippen molar-refractivity contribution in [3.63, 3.8) is 0 Å². The first-order valence-corrected chi connectivity index (χ1v) is 7.14. The molecule has 2 rings (SSSR count). The third-order valence-corrected chi connectivity index (χ3v) is 3.67. The van der Waals surface area contributed by atoms with E-state index < -0.39 is 48.2 Å². The van der Waals surface area contributed by atoms with Crippen LogP contribution in [0.1, 0.15) is 10.4 Å². The Morgan fingerprint density at radius 3 is 2.52 bits per heavy atom. The summed E-state index contributed by atoms with van der Waals surface area (Å²) >= 11 is 0. The summed E-state index contributed by atoms with van der Waals surface area (Å²) in [7, 11) is 1.07. The van der Waals surface area contributed by atoms with Crippen molar-refractivity contribution in [1.29, 1.82) is 0 Å². The van der Waals surface area contributed by atoms with Crippen LogP contribution in [0.5, 0.6) is 5.75 Å². The molecule has 1 aliphatic rings. The third-order valence-electron chi connectivity index (χ3n) is 3.67. The molecule has 0 spiro atoms. The number of esters is 1. The molecule has 11 nitrogen and oxygen atoms in total. The van der Waals surface area contributed by atoms with E-state index >= 15 is 0 Å². The van der Waals surface area contributed by atoms with E-state index in [0.29, 0.717) is 0 Å². The van der Waals surface area contributed by atoms with Gasteiger partial charge in [0.25, 0.3) is 5.69 Å². The van der Waals surface area contributed by atoms with Crippen molar-refractivity contribution in [2.45, 2.75) is 30.7 Å². The van der Waals surface area contributed by atoms with Gasteiger partial charge in [-0.2, -0.15) is 0 Å². The molecule has 0 bridgehead atoms. The predicted molar refractivity (Wildman–Crippen MR) is 78.8 cm³/mol. The number of hydrogen-bond donors (Lipinski definition) is 4. The van der Waals surface area contributed by atoms with Gasteiger partial charge in [-0.15, -0.1) is 0 Å². The molecule has 4 N–H and O–H groups in total. The maximum Gasteiger partial charge on any atom is 0.341 e. The summed E-state index contributed by atoms with van der Waals surface area (Å²) in [6.45, 7) is -0.658. The highest BCUT2D eigenvalue weighted by molar-refractivity contribution is 5.93. The Morgan fingerprint density at radius 1 is 1.28 bits per heavy atom. The number of rotatable bonds is 5. The van der Waals surface area contributed by atoms with Crippen LogP contribution in [0.15, 0.2) is 18.2 Å². The number of methoxy groups -OCH3 is 1. The van der Waals surface area contributed by atoms with Gasteiger partial charge in [-0.25, -0.2) is 4.79 Å². The minimum absolute atomic E-state index is 0.207. The Kier molecular flexibility index (Phi) is 5.87. The Hall–Kier alpha value is -2.31. The zero-order valence-electron chi connectivity index (χ0n) is 13.0. The molecule has 25 heavy (non-hydrogen) atoms. The number of hydrogen-bond acceptors (Lipinski definition) is 10. The van der Waals surface area contributed by atoms with Crippen LogP contribution >= 0.6 is 0 Å². The molecular formula is C14H17NO10. The molecular weight excluding hydrogens is 342 g/mol. The summed E-state index contributed by atoms with van der Waals surface area (Å²) in [5, 5.41) is 49.4. The first-order chi connectivity index (χ1) is 11.8. The standard InChI is InChI=1S/C14H17NO10/c1-23-13(20)7-4-6(15(21)22)2-3-8(7)24-14-12(19)11(18)10(17)9(5-16)25-14/h2-4,9-12,14,16-19H,5H2,1H3/t9?,10-,11+,12?,14-/m1/s1. The highest BCUT2D eigenvalue weighted by atomic mass is 16.7. The van der Waals surface area contributed by atoms with Gasteiger partial charge in [-0.1, -0.05) is 0 Å². The van der Waals surface area contributed by atoms with Gasteiger partial charge in [0, 0.05) is 12.1 Å². The zero-order chi connectivity index (χ0) is 18.7. The SMILES string of the molecule is COC(=O)c1cc([N+](=O)[O-])ccc1O[C@@H]1OC(CO)[C@@H](O)[C@H](O)C1O. The molecule has 2 unspecified atom stereocenters. The fourth-order valence-electron chi connectivity index (χ4n) is 2.29. The van der Waals surface area contributed by atoms with E-state index in [9.17, 15) is 30.2 Å². The minimum Gasteiger partial charge on any atom is -0.465 e. The fourth-order valence-corrected chi connectivity index (χ4v) is 2.29. The molecule has 0 amide bonds. The average Bonchev–Trinajstić information content (AvgIpc) is 2.61. The van der Waals surface area contributed by atoms with Crippen molar-refractivity contribution in [3.8, 4) is 5.75 Å². The van der Waals surface area contributed by atoms with Crippen molar-refractivity contribution in [3.05, 3.63) is 33.9 Å². The van der Waals surface area contributed by atoms with Crippen LogP contribution in [0, 0.1) is 10.1 Å². The molecule has 0 aliphatic carbocycles. The monoisotopic (exact) mass is 359 g/mol. The molecule has 138 valence electrons.